The predicted molar refractivity (Wildman–Crippen MR) is 68.6 cm³/mol. The van der Waals surface area contributed by atoms with Crippen LogP contribution in [0.2, 0.25) is 0 Å². The summed E-state index contributed by atoms with van der Waals surface area (Å²) in [5.74, 6) is 0.576. The van der Waals surface area contributed by atoms with Crippen molar-refractivity contribution in [2.24, 2.45) is 5.92 Å². The zero-order valence-electron chi connectivity index (χ0n) is 11.0. The SMILES string of the molecule is COc1cnccc1C(=O)NC(CO)CC(C)C. The molecular formula is C13H20N2O3. The molecule has 0 radical (unpaired) electrons. The molecule has 0 saturated heterocycles. The molecule has 0 saturated carbocycles. The van der Waals surface area contributed by atoms with E-state index in [1.165, 1.54) is 19.5 Å². The molecule has 0 aromatic carbocycles. The molecule has 2 N–H and O–H groups in total. The van der Waals surface area contributed by atoms with Gasteiger partial charge in [-0.1, -0.05) is 13.8 Å². The first-order chi connectivity index (χ1) is 8.58. The number of nitrogens with one attached hydrogen (secondary N) is 1. The third-order valence-corrected chi connectivity index (χ3v) is 2.56. The van der Waals surface area contributed by atoms with Gasteiger partial charge in [-0.15, -0.1) is 0 Å². The fraction of sp³-hybridized carbons (Fsp3) is 0.538. The number of nitrogens with zero attached hydrogens (tertiary/aromatic N) is 1. The van der Waals surface area contributed by atoms with Gasteiger partial charge in [-0.2, -0.15) is 0 Å². The van der Waals surface area contributed by atoms with Crippen LogP contribution in [-0.2, 0) is 0 Å². The molecule has 1 amide bonds. The Balaban J connectivity index is 2.74. The van der Waals surface area contributed by atoms with Crippen molar-refractivity contribution in [1.29, 1.82) is 0 Å². The summed E-state index contributed by atoms with van der Waals surface area (Å²) in [5.41, 5.74) is 0.426. The minimum absolute atomic E-state index is 0.0721. The molecule has 1 unspecified atom stereocenters. The second-order valence-corrected chi connectivity index (χ2v) is 4.56. The van der Waals surface area contributed by atoms with Gasteiger partial charge in [0.25, 0.3) is 5.91 Å². The van der Waals surface area contributed by atoms with E-state index >= 15 is 0 Å². The number of hydrogen-bond acceptors (Lipinski definition) is 4. The number of hydrogen-bond donors (Lipinski definition) is 2. The predicted octanol–water partition coefficient (Wildman–Crippen LogP) is 1.23. The Hall–Kier alpha value is -1.62. The van der Waals surface area contributed by atoms with Crippen LogP contribution < -0.4 is 10.1 Å². The van der Waals surface area contributed by atoms with E-state index in [9.17, 15) is 9.90 Å². The number of methoxy groups -OCH3 is 1. The highest BCUT2D eigenvalue weighted by molar-refractivity contribution is 5.96. The number of ether oxygens (including phenoxy) is 1. The van der Waals surface area contributed by atoms with Crippen molar-refractivity contribution in [2.75, 3.05) is 13.7 Å². The summed E-state index contributed by atoms with van der Waals surface area (Å²) in [6.07, 6.45) is 3.76. The number of carbonyl (C=O) groups excluding carboxylic acids is 1. The Kier molecular flexibility index (Phi) is 5.58. The Morgan fingerprint density at radius 2 is 2.28 bits per heavy atom. The van der Waals surface area contributed by atoms with Gasteiger partial charge in [-0.3, -0.25) is 9.78 Å². The molecule has 0 aliphatic heterocycles. The highest BCUT2D eigenvalue weighted by Gasteiger charge is 2.17. The van der Waals surface area contributed by atoms with E-state index in [0.717, 1.165) is 6.42 Å². The summed E-state index contributed by atoms with van der Waals surface area (Å²) >= 11 is 0. The lowest BCUT2D eigenvalue weighted by atomic mass is 10.0. The fourth-order valence-electron chi connectivity index (χ4n) is 1.74. The van der Waals surface area contributed by atoms with Gasteiger partial charge in [0.2, 0.25) is 0 Å². The van der Waals surface area contributed by atoms with Gasteiger partial charge in [0.1, 0.15) is 5.75 Å². The third-order valence-electron chi connectivity index (χ3n) is 2.56. The van der Waals surface area contributed by atoms with Crippen molar-refractivity contribution in [1.82, 2.24) is 10.3 Å². The molecule has 18 heavy (non-hydrogen) atoms. The molecule has 5 nitrogen and oxygen atoms in total. The average molecular weight is 252 g/mol. The summed E-state index contributed by atoms with van der Waals surface area (Å²) < 4.78 is 5.08. The molecule has 1 aromatic heterocycles. The van der Waals surface area contributed by atoms with Gasteiger partial charge in [0.05, 0.1) is 31.5 Å². The second kappa shape index (κ2) is 6.96. The van der Waals surface area contributed by atoms with E-state index in [0.29, 0.717) is 17.2 Å². The number of aliphatic hydroxyl groups excluding tert-OH is 1. The molecule has 1 rings (SSSR count). The highest BCUT2D eigenvalue weighted by atomic mass is 16.5. The molecule has 0 aliphatic rings. The van der Waals surface area contributed by atoms with Crippen molar-refractivity contribution in [3.8, 4) is 5.75 Å². The van der Waals surface area contributed by atoms with E-state index in [2.05, 4.69) is 10.3 Å². The Bertz CT molecular complexity index is 394. The number of aliphatic hydroxyl groups is 1. The molecule has 1 heterocycles. The maximum Gasteiger partial charge on any atom is 0.255 e. The zero-order chi connectivity index (χ0) is 13.5. The van der Waals surface area contributed by atoms with Crippen molar-refractivity contribution in [3.05, 3.63) is 24.0 Å². The normalized spacial score (nSPS) is 12.3. The van der Waals surface area contributed by atoms with E-state index in [4.69, 9.17) is 4.74 Å². The van der Waals surface area contributed by atoms with Crippen LogP contribution in [0.5, 0.6) is 5.75 Å². The van der Waals surface area contributed by atoms with Crippen molar-refractivity contribution < 1.29 is 14.6 Å². The highest BCUT2D eigenvalue weighted by Crippen LogP contribution is 2.16. The Labute approximate surface area is 107 Å². The van der Waals surface area contributed by atoms with Crippen molar-refractivity contribution in [2.45, 2.75) is 26.3 Å². The third kappa shape index (κ3) is 4.00. The van der Waals surface area contributed by atoms with E-state index in [-0.39, 0.29) is 18.6 Å². The first-order valence-electron chi connectivity index (χ1n) is 5.98. The number of amides is 1. The average Bonchev–Trinajstić information content (AvgIpc) is 2.37. The molecule has 5 heteroatoms. The molecule has 100 valence electrons. The Morgan fingerprint density at radius 1 is 1.56 bits per heavy atom. The smallest absolute Gasteiger partial charge is 0.255 e. The van der Waals surface area contributed by atoms with Crippen molar-refractivity contribution >= 4 is 5.91 Å². The van der Waals surface area contributed by atoms with E-state index < -0.39 is 0 Å². The quantitative estimate of drug-likeness (QED) is 0.798. The lowest BCUT2D eigenvalue weighted by molar-refractivity contribution is 0.0905. The van der Waals surface area contributed by atoms with E-state index in [1.807, 2.05) is 13.8 Å². The number of carbonyl (C=O) groups is 1. The molecule has 0 spiro atoms. The van der Waals surface area contributed by atoms with Crippen LogP contribution in [-0.4, -0.2) is 35.8 Å². The first-order valence-corrected chi connectivity index (χ1v) is 5.98. The Morgan fingerprint density at radius 3 is 2.83 bits per heavy atom. The zero-order valence-corrected chi connectivity index (χ0v) is 11.0. The van der Waals surface area contributed by atoms with Gasteiger partial charge in [-0.25, -0.2) is 0 Å². The maximum absolute atomic E-state index is 12.0. The lowest BCUT2D eigenvalue weighted by Gasteiger charge is -2.18. The summed E-state index contributed by atoms with van der Waals surface area (Å²) in [6.45, 7) is 4.01. The van der Waals surface area contributed by atoms with Crippen LogP contribution in [0.3, 0.4) is 0 Å². The topological polar surface area (TPSA) is 71.5 Å². The maximum atomic E-state index is 12.0. The molecular weight excluding hydrogens is 232 g/mol. The standard InChI is InChI=1S/C13H20N2O3/c1-9(2)6-10(8-16)15-13(17)11-4-5-14-7-12(11)18-3/h4-5,7,9-10,16H,6,8H2,1-3H3,(H,15,17). The summed E-state index contributed by atoms with van der Waals surface area (Å²) in [4.78, 5) is 15.9. The largest absolute Gasteiger partial charge is 0.494 e. The van der Waals surface area contributed by atoms with Gasteiger partial charge in [0, 0.05) is 6.20 Å². The first kappa shape index (κ1) is 14.4. The van der Waals surface area contributed by atoms with Crippen LogP contribution in [0, 0.1) is 5.92 Å². The monoisotopic (exact) mass is 252 g/mol. The van der Waals surface area contributed by atoms with Gasteiger partial charge >= 0.3 is 0 Å². The molecule has 1 aromatic rings. The molecule has 0 fully saturated rings. The molecule has 0 bridgehead atoms. The van der Waals surface area contributed by atoms with E-state index in [1.54, 1.807) is 6.07 Å². The number of pyridine rings is 1. The lowest BCUT2D eigenvalue weighted by Crippen LogP contribution is -2.38. The molecule has 1 atom stereocenters. The van der Waals surface area contributed by atoms with Crippen LogP contribution in [0.15, 0.2) is 18.5 Å². The summed E-state index contributed by atoms with van der Waals surface area (Å²) in [6, 6.07) is 1.35. The summed E-state index contributed by atoms with van der Waals surface area (Å²) in [7, 11) is 1.49. The van der Waals surface area contributed by atoms with Crippen LogP contribution in [0.25, 0.3) is 0 Å². The van der Waals surface area contributed by atoms with Crippen LogP contribution in [0.1, 0.15) is 30.6 Å². The van der Waals surface area contributed by atoms with Crippen LogP contribution >= 0.6 is 0 Å². The minimum atomic E-state index is -0.256. The number of aromatic nitrogens is 1. The number of rotatable bonds is 6. The van der Waals surface area contributed by atoms with Gasteiger partial charge in [-0.05, 0) is 18.4 Å². The molecule has 0 aliphatic carbocycles. The van der Waals surface area contributed by atoms with Gasteiger partial charge < -0.3 is 15.2 Å². The van der Waals surface area contributed by atoms with Crippen LogP contribution in [0.4, 0.5) is 0 Å². The minimum Gasteiger partial charge on any atom is -0.494 e. The second-order valence-electron chi connectivity index (χ2n) is 4.56. The fourth-order valence-corrected chi connectivity index (χ4v) is 1.74. The van der Waals surface area contributed by atoms with Crippen molar-refractivity contribution in [3.63, 3.8) is 0 Å². The summed E-state index contributed by atoms with van der Waals surface area (Å²) in [5, 5.41) is 12.0. The van der Waals surface area contributed by atoms with Gasteiger partial charge in [0.15, 0.2) is 0 Å².